The summed E-state index contributed by atoms with van der Waals surface area (Å²) in [5.41, 5.74) is 2.13. The second kappa shape index (κ2) is 11.0. The molecule has 37 heavy (non-hydrogen) atoms. The number of aryl methyl sites for hydroxylation is 1. The minimum Gasteiger partial charge on any atom is -0.392 e. The van der Waals surface area contributed by atoms with Crippen LogP contribution in [0.2, 0.25) is 0 Å². The Balaban J connectivity index is 1.09. The monoisotopic (exact) mass is 514 g/mol. The number of carbonyl (C=O) groups excluding carboxylic acids is 1. The van der Waals surface area contributed by atoms with Crippen LogP contribution in [0.25, 0.3) is 0 Å². The number of amides is 2. The van der Waals surface area contributed by atoms with Gasteiger partial charge in [-0.05, 0) is 61.8 Å². The van der Waals surface area contributed by atoms with E-state index >= 15 is 0 Å². The van der Waals surface area contributed by atoms with E-state index in [1.165, 1.54) is 17.0 Å². The smallest absolute Gasteiger partial charge is 0.322 e. The molecule has 0 radical (unpaired) electrons. The molecule has 11 heteroatoms. The number of hydrogen-bond donors (Lipinski definition) is 2. The predicted molar refractivity (Wildman–Crippen MR) is 135 cm³/mol. The van der Waals surface area contributed by atoms with Gasteiger partial charge in [-0.15, -0.1) is 0 Å². The van der Waals surface area contributed by atoms with E-state index < -0.39 is 29.5 Å². The number of oxime groups is 1. The molecule has 9 nitrogen and oxygen atoms in total. The van der Waals surface area contributed by atoms with Crippen molar-refractivity contribution in [2.75, 3.05) is 36.4 Å². The van der Waals surface area contributed by atoms with Gasteiger partial charge in [0.1, 0.15) is 23.4 Å². The summed E-state index contributed by atoms with van der Waals surface area (Å²) in [5, 5.41) is 16.0. The third-order valence-corrected chi connectivity index (χ3v) is 7.30. The summed E-state index contributed by atoms with van der Waals surface area (Å²) in [5.74, 6) is -0.840. The van der Waals surface area contributed by atoms with Gasteiger partial charge >= 0.3 is 6.03 Å². The lowest BCUT2D eigenvalue weighted by Crippen LogP contribution is -2.55. The Morgan fingerprint density at radius 2 is 1.70 bits per heavy atom. The van der Waals surface area contributed by atoms with Gasteiger partial charge in [-0.25, -0.2) is 23.5 Å². The quantitative estimate of drug-likeness (QED) is 0.586. The summed E-state index contributed by atoms with van der Waals surface area (Å²) in [4.78, 5) is 30.1. The number of nitrogens with one attached hydrogen (secondary N) is 1. The largest absolute Gasteiger partial charge is 0.392 e. The fourth-order valence-electron chi connectivity index (χ4n) is 4.99. The maximum absolute atomic E-state index is 14.7. The van der Waals surface area contributed by atoms with Gasteiger partial charge < -0.3 is 25.1 Å². The minimum absolute atomic E-state index is 0.0102. The summed E-state index contributed by atoms with van der Waals surface area (Å²) in [6, 6.07) is 1.99. The molecule has 2 aromatic rings. The Labute approximate surface area is 214 Å². The van der Waals surface area contributed by atoms with E-state index in [0.717, 1.165) is 56.0 Å². The molecule has 3 aliphatic rings. The highest BCUT2D eigenvalue weighted by Gasteiger charge is 2.30. The number of hydrogen-bond acceptors (Lipinski definition) is 7. The molecule has 1 aromatic carbocycles. The summed E-state index contributed by atoms with van der Waals surface area (Å²) >= 11 is 0. The SMILES string of the molecule is Cc1cnc(N2CCC(ON=C3CCC(c4cc(F)c(NC(=O)N5CC(O)C5)c(F)c4)CC3)CC2)nc1. The number of aliphatic hydroxyl groups excluding tert-OH is 1. The van der Waals surface area contributed by atoms with Crippen molar-refractivity contribution < 1.29 is 23.5 Å². The fraction of sp³-hybridized carbons (Fsp3) is 0.538. The molecule has 1 aromatic heterocycles. The molecular formula is C26H32F2N6O3. The summed E-state index contributed by atoms with van der Waals surface area (Å²) in [7, 11) is 0. The van der Waals surface area contributed by atoms with E-state index in [1.54, 1.807) is 0 Å². The van der Waals surface area contributed by atoms with Crippen LogP contribution in [0.5, 0.6) is 0 Å². The Morgan fingerprint density at radius 3 is 2.30 bits per heavy atom. The maximum Gasteiger partial charge on any atom is 0.322 e. The number of aliphatic hydroxyl groups is 1. The van der Waals surface area contributed by atoms with Crippen LogP contribution in [-0.4, -0.2) is 70.1 Å². The molecule has 0 unspecified atom stereocenters. The molecule has 0 spiro atoms. The first-order valence-electron chi connectivity index (χ1n) is 12.8. The zero-order chi connectivity index (χ0) is 25.9. The highest BCUT2D eigenvalue weighted by atomic mass is 19.1. The molecule has 2 aliphatic heterocycles. The van der Waals surface area contributed by atoms with E-state index in [2.05, 4.69) is 25.3 Å². The number of piperidine rings is 1. The average molecular weight is 515 g/mol. The van der Waals surface area contributed by atoms with Crippen LogP contribution >= 0.6 is 0 Å². The van der Waals surface area contributed by atoms with E-state index in [9.17, 15) is 18.7 Å². The number of aromatic nitrogens is 2. The number of anilines is 2. The Kier molecular flexibility index (Phi) is 7.50. The second-order valence-corrected chi connectivity index (χ2v) is 10.1. The van der Waals surface area contributed by atoms with Crippen molar-refractivity contribution in [3.63, 3.8) is 0 Å². The Hall–Kier alpha value is -3.34. The zero-order valence-corrected chi connectivity index (χ0v) is 20.9. The number of likely N-dealkylation sites (tertiary alicyclic amines) is 1. The van der Waals surface area contributed by atoms with E-state index in [0.29, 0.717) is 18.4 Å². The second-order valence-electron chi connectivity index (χ2n) is 10.1. The van der Waals surface area contributed by atoms with Gasteiger partial charge in [0.15, 0.2) is 0 Å². The Morgan fingerprint density at radius 1 is 1.08 bits per heavy atom. The van der Waals surface area contributed by atoms with E-state index in [1.807, 2.05) is 19.3 Å². The molecule has 2 N–H and O–H groups in total. The van der Waals surface area contributed by atoms with Crippen molar-refractivity contribution in [1.29, 1.82) is 0 Å². The molecule has 3 heterocycles. The van der Waals surface area contributed by atoms with Crippen LogP contribution in [0.1, 0.15) is 55.6 Å². The van der Waals surface area contributed by atoms with Gasteiger partial charge in [-0.3, -0.25) is 0 Å². The van der Waals surface area contributed by atoms with Gasteiger partial charge in [0.05, 0.1) is 24.9 Å². The van der Waals surface area contributed by atoms with E-state index in [-0.39, 0.29) is 25.1 Å². The number of nitrogens with zero attached hydrogens (tertiary/aromatic N) is 5. The van der Waals surface area contributed by atoms with Gasteiger partial charge in [-0.1, -0.05) is 5.16 Å². The van der Waals surface area contributed by atoms with Crippen molar-refractivity contribution in [3.8, 4) is 0 Å². The van der Waals surface area contributed by atoms with E-state index in [4.69, 9.17) is 4.84 Å². The molecule has 2 amide bonds. The number of rotatable bonds is 5. The normalized spacial score (nSPS) is 21.0. The van der Waals surface area contributed by atoms with Crippen LogP contribution in [0.15, 0.2) is 29.7 Å². The molecule has 0 atom stereocenters. The number of urea groups is 1. The third kappa shape index (κ3) is 5.98. The lowest BCUT2D eigenvalue weighted by Gasteiger charge is -2.35. The Bertz CT molecular complexity index is 1110. The van der Waals surface area contributed by atoms with Crippen LogP contribution in [0.4, 0.5) is 25.2 Å². The molecule has 5 rings (SSSR count). The zero-order valence-electron chi connectivity index (χ0n) is 20.9. The minimum atomic E-state index is -0.797. The van der Waals surface area contributed by atoms with Gasteiger partial charge in [-0.2, -0.15) is 0 Å². The number of carbonyl (C=O) groups is 1. The first kappa shape index (κ1) is 25.3. The third-order valence-electron chi connectivity index (χ3n) is 7.30. The summed E-state index contributed by atoms with van der Waals surface area (Å²) in [6.45, 7) is 3.91. The van der Waals surface area contributed by atoms with Crippen molar-refractivity contribution in [1.82, 2.24) is 14.9 Å². The number of benzene rings is 1. The lowest BCUT2D eigenvalue weighted by molar-refractivity contribution is 0.0308. The molecular weight excluding hydrogens is 482 g/mol. The van der Waals surface area contributed by atoms with Crippen LogP contribution < -0.4 is 10.2 Å². The molecule has 198 valence electrons. The molecule has 2 saturated heterocycles. The van der Waals surface area contributed by atoms with Gasteiger partial charge in [0.25, 0.3) is 0 Å². The fourth-order valence-corrected chi connectivity index (χ4v) is 4.99. The highest BCUT2D eigenvalue weighted by molar-refractivity contribution is 5.90. The predicted octanol–water partition coefficient (Wildman–Crippen LogP) is 3.97. The van der Waals surface area contributed by atoms with Crippen molar-refractivity contribution in [2.45, 2.75) is 63.6 Å². The van der Waals surface area contributed by atoms with Crippen molar-refractivity contribution >= 4 is 23.4 Å². The van der Waals surface area contributed by atoms with Gasteiger partial charge in [0, 0.05) is 38.3 Å². The van der Waals surface area contributed by atoms with Crippen molar-refractivity contribution in [2.24, 2.45) is 5.16 Å². The lowest BCUT2D eigenvalue weighted by atomic mass is 9.83. The molecule has 1 saturated carbocycles. The molecule has 3 fully saturated rings. The average Bonchev–Trinajstić information content (AvgIpc) is 2.88. The molecule has 1 aliphatic carbocycles. The van der Waals surface area contributed by atoms with Crippen molar-refractivity contribution in [3.05, 3.63) is 47.3 Å². The highest BCUT2D eigenvalue weighted by Crippen LogP contribution is 2.35. The van der Waals surface area contributed by atoms with Crippen LogP contribution in [0, 0.1) is 18.6 Å². The topological polar surface area (TPSA) is 103 Å². The van der Waals surface area contributed by atoms with Crippen LogP contribution in [-0.2, 0) is 4.84 Å². The number of β-amino-alcohol motifs (C(OH)–C–C–N with tert-alkyl or cyclic N) is 1. The summed E-state index contributed by atoms with van der Waals surface area (Å²) in [6.07, 6.45) is 7.67. The standard InChI is InChI=1S/C26H32F2N6O3/c1-16-12-29-25(30-13-16)33-8-6-21(7-9-33)37-32-19-4-2-17(3-5-19)18-10-22(27)24(23(28)11-18)31-26(36)34-14-20(35)15-34/h10-13,17,20-21,35H,2-9,14-15H2,1H3,(H,31,36). The summed E-state index contributed by atoms with van der Waals surface area (Å²) < 4.78 is 29.3. The first-order valence-corrected chi connectivity index (χ1v) is 12.8. The molecule has 0 bridgehead atoms. The number of halogens is 2. The van der Waals surface area contributed by atoms with Gasteiger partial charge in [0.2, 0.25) is 5.95 Å². The first-order chi connectivity index (χ1) is 17.9. The van der Waals surface area contributed by atoms with Crippen LogP contribution in [0.3, 0.4) is 0 Å². The maximum atomic E-state index is 14.7.